The highest BCUT2D eigenvalue weighted by Crippen LogP contribution is 2.35. The van der Waals surface area contributed by atoms with Gasteiger partial charge in [-0.15, -0.1) is 0 Å². The largest absolute Gasteiger partial charge is 0.246 e. The predicted octanol–water partition coefficient (Wildman–Crippen LogP) is 2.96. The third kappa shape index (κ3) is 2.64. The molecule has 2 rings (SSSR count). The van der Waals surface area contributed by atoms with Gasteiger partial charge in [-0.2, -0.15) is 0 Å². The van der Waals surface area contributed by atoms with Crippen LogP contribution in [0, 0.1) is 0 Å². The summed E-state index contributed by atoms with van der Waals surface area (Å²) in [6, 6.07) is 0. The molecule has 2 fully saturated rings. The molecule has 2 aliphatic carbocycles. The lowest BCUT2D eigenvalue weighted by Gasteiger charge is -2.32. The summed E-state index contributed by atoms with van der Waals surface area (Å²) in [5.41, 5.74) is 0. The molecule has 0 aromatic rings. The van der Waals surface area contributed by atoms with E-state index in [1.165, 1.54) is 0 Å². The van der Waals surface area contributed by atoms with Crippen LogP contribution in [0.2, 0.25) is 0 Å². The van der Waals surface area contributed by atoms with E-state index in [2.05, 4.69) is 0 Å². The Bertz CT molecular complexity index is 328. The van der Waals surface area contributed by atoms with E-state index in [9.17, 15) is 17.2 Å². The summed E-state index contributed by atoms with van der Waals surface area (Å²) in [6.07, 6.45) is 1.77. The van der Waals surface area contributed by atoms with Gasteiger partial charge in [0.15, 0.2) is 9.84 Å². The molecule has 0 N–H and O–H groups in total. The zero-order valence-electron chi connectivity index (χ0n) is 9.95. The van der Waals surface area contributed by atoms with Gasteiger partial charge in [-0.05, 0) is 25.7 Å². The number of alkyl halides is 2. The molecular formula is C12H20F2O2S. The fourth-order valence-electron chi connectivity index (χ4n) is 3.07. The molecule has 0 heterocycles. The molecule has 5 heteroatoms. The van der Waals surface area contributed by atoms with Crippen molar-refractivity contribution in [3.63, 3.8) is 0 Å². The Morgan fingerprint density at radius 1 is 0.706 bits per heavy atom. The van der Waals surface area contributed by atoms with Crippen molar-refractivity contribution in [2.75, 3.05) is 0 Å². The van der Waals surface area contributed by atoms with Crippen molar-refractivity contribution in [2.45, 2.75) is 74.2 Å². The number of rotatable bonds is 2. The van der Waals surface area contributed by atoms with Gasteiger partial charge in [0.25, 0.3) is 0 Å². The smallest absolute Gasteiger partial charge is 0.161 e. The predicted molar refractivity (Wildman–Crippen MR) is 63.2 cm³/mol. The molecule has 4 atom stereocenters. The lowest BCUT2D eigenvalue weighted by molar-refractivity contribution is 0.234. The second kappa shape index (κ2) is 5.21. The number of hydrogen-bond donors (Lipinski definition) is 0. The normalized spacial score (nSPS) is 40.1. The molecule has 4 unspecified atom stereocenters. The van der Waals surface area contributed by atoms with E-state index in [1.807, 2.05) is 0 Å². The molecule has 0 bridgehead atoms. The highest BCUT2D eigenvalue weighted by Gasteiger charge is 2.44. The molecule has 17 heavy (non-hydrogen) atoms. The molecule has 0 aromatic heterocycles. The SMILES string of the molecule is O=S(=O)(C1CCCCC1F)C1CCCCC1F. The topological polar surface area (TPSA) is 34.1 Å². The molecule has 2 saturated carbocycles. The minimum atomic E-state index is -3.63. The molecule has 100 valence electrons. The van der Waals surface area contributed by atoms with Crippen LogP contribution in [0.5, 0.6) is 0 Å². The van der Waals surface area contributed by atoms with Crippen LogP contribution in [0.25, 0.3) is 0 Å². The molecule has 2 aliphatic rings. The van der Waals surface area contributed by atoms with Crippen LogP contribution in [-0.4, -0.2) is 31.3 Å². The van der Waals surface area contributed by atoms with Crippen LogP contribution < -0.4 is 0 Å². The van der Waals surface area contributed by atoms with Crippen LogP contribution in [0.4, 0.5) is 8.78 Å². The first kappa shape index (κ1) is 13.2. The summed E-state index contributed by atoms with van der Waals surface area (Å²) in [4.78, 5) is 0. The third-order valence-electron chi connectivity index (χ3n) is 4.09. The van der Waals surface area contributed by atoms with E-state index < -0.39 is 32.7 Å². The number of hydrogen-bond acceptors (Lipinski definition) is 2. The van der Waals surface area contributed by atoms with Crippen molar-refractivity contribution in [3.8, 4) is 0 Å². The molecular weight excluding hydrogens is 246 g/mol. The monoisotopic (exact) mass is 266 g/mol. The van der Waals surface area contributed by atoms with Gasteiger partial charge in [-0.3, -0.25) is 0 Å². The van der Waals surface area contributed by atoms with E-state index in [0.717, 1.165) is 25.7 Å². The van der Waals surface area contributed by atoms with E-state index >= 15 is 0 Å². The highest BCUT2D eigenvalue weighted by molar-refractivity contribution is 7.92. The molecule has 0 amide bonds. The molecule has 0 aliphatic heterocycles. The van der Waals surface area contributed by atoms with Crippen molar-refractivity contribution in [1.82, 2.24) is 0 Å². The fraction of sp³-hybridized carbons (Fsp3) is 1.00. The maximum atomic E-state index is 13.7. The fourth-order valence-corrected chi connectivity index (χ4v) is 5.60. The Labute approximate surface area is 102 Å². The quantitative estimate of drug-likeness (QED) is 0.770. The second-order valence-corrected chi connectivity index (χ2v) is 7.66. The standard InChI is InChI=1S/C12H20F2O2S/c13-9-5-1-3-7-11(9)17(15,16)12-8-4-2-6-10(12)14/h9-12H,1-8H2. The first-order chi connectivity index (χ1) is 8.03. The van der Waals surface area contributed by atoms with Gasteiger partial charge < -0.3 is 0 Å². The number of sulfone groups is 1. The lowest BCUT2D eigenvalue weighted by Crippen LogP contribution is -2.45. The van der Waals surface area contributed by atoms with Crippen molar-refractivity contribution in [3.05, 3.63) is 0 Å². The maximum Gasteiger partial charge on any atom is 0.161 e. The van der Waals surface area contributed by atoms with Gasteiger partial charge >= 0.3 is 0 Å². The average molecular weight is 266 g/mol. The minimum absolute atomic E-state index is 0.313. The van der Waals surface area contributed by atoms with E-state index in [4.69, 9.17) is 0 Å². The Kier molecular flexibility index (Phi) is 4.06. The maximum absolute atomic E-state index is 13.7. The molecule has 2 nitrogen and oxygen atoms in total. The van der Waals surface area contributed by atoms with Crippen LogP contribution in [0.15, 0.2) is 0 Å². The molecule has 0 radical (unpaired) electrons. The van der Waals surface area contributed by atoms with E-state index in [-0.39, 0.29) is 0 Å². The van der Waals surface area contributed by atoms with Crippen LogP contribution in [-0.2, 0) is 9.84 Å². The third-order valence-corrected chi connectivity index (χ3v) is 6.84. The van der Waals surface area contributed by atoms with Crippen molar-refractivity contribution >= 4 is 9.84 Å². The van der Waals surface area contributed by atoms with Crippen LogP contribution in [0.1, 0.15) is 51.4 Å². The second-order valence-electron chi connectivity index (χ2n) is 5.27. The van der Waals surface area contributed by atoms with Gasteiger partial charge in [0.1, 0.15) is 12.3 Å². The first-order valence-electron chi connectivity index (χ1n) is 6.54. The summed E-state index contributed by atoms with van der Waals surface area (Å²) in [5, 5.41) is -1.89. The van der Waals surface area contributed by atoms with Crippen LogP contribution >= 0.6 is 0 Å². The summed E-state index contributed by atoms with van der Waals surface area (Å²) >= 11 is 0. The van der Waals surface area contributed by atoms with E-state index in [0.29, 0.717) is 25.7 Å². The zero-order valence-corrected chi connectivity index (χ0v) is 10.8. The molecule has 0 saturated heterocycles. The van der Waals surface area contributed by atoms with Crippen LogP contribution in [0.3, 0.4) is 0 Å². The van der Waals surface area contributed by atoms with Crippen molar-refractivity contribution < 1.29 is 17.2 Å². The van der Waals surface area contributed by atoms with Gasteiger partial charge in [0.05, 0.1) is 10.5 Å². The van der Waals surface area contributed by atoms with Crippen molar-refractivity contribution in [2.24, 2.45) is 0 Å². The number of halogens is 2. The Balaban J connectivity index is 2.16. The molecule has 0 spiro atoms. The first-order valence-corrected chi connectivity index (χ1v) is 8.15. The summed E-state index contributed by atoms with van der Waals surface area (Å²) in [5.74, 6) is 0. The highest BCUT2D eigenvalue weighted by atomic mass is 32.2. The average Bonchev–Trinajstić information content (AvgIpc) is 2.29. The van der Waals surface area contributed by atoms with E-state index in [1.54, 1.807) is 0 Å². The van der Waals surface area contributed by atoms with Gasteiger partial charge in [-0.1, -0.05) is 25.7 Å². The summed E-state index contributed by atoms with van der Waals surface area (Å²) in [6.45, 7) is 0. The zero-order chi connectivity index (χ0) is 12.5. The Morgan fingerprint density at radius 3 is 1.41 bits per heavy atom. The molecule has 0 aromatic carbocycles. The summed E-state index contributed by atoms with van der Waals surface area (Å²) in [7, 11) is -3.63. The Morgan fingerprint density at radius 2 is 1.06 bits per heavy atom. The summed E-state index contributed by atoms with van der Waals surface area (Å²) < 4.78 is 52.0. The Hall–Kier alpha value is -0.190. The van der Waals surface area contributed by atoms with Crippen molar-refractivity contribution in [1.29, 1.82) is 0 Å². The van der Waals surface area contributed by atoms with Gasteiger partial charge in [0, 0.05) is 0 Å². The lowest BCUT2D eigenvalue weighted by atomic mass is 9.98. The minimum Gasteiger partial charge on any atom is -0.246 e. The van der Waals surface area contributed by atoms with Gasteiger partial charge in [0.2, 0.25) is 0 Å². The van der Waals surface area contributed by atoms with Gasteiger partial charge in [-0.25, -0.2) is 17.2 Å².